The van der Waals surface area contributed by atoms with E-state index in [1.807, 2.05) is 48.5 Å². The maximum absolute atomic E-state index is 12.5. The summed E-state index contributed by atoms with van der Waals surface area (Å²) in [7, 11) is 0. The van der Waals surface area contributed by atoms with Gasteiger partial charge in [-0.3, -0.25) is 9.89 Å². The van der Waals surface area contributed by atoms with Crippen LogP contribution in [0.5, 0.6) is 5.75 Å². The number of H-pyrrole nitrogens is 1. The molecule has 2 N–H and O–H groups in total. The molecule has 4 rings (SSSR count). The molecular formula is C25H19Cl3N4O2. The molecule has 0 aliphatic rings. The molecule has 3 aromatic carbocycles. The van der Waals surface area contributed by atoms with Crippen molar-refractivity contribution in [2.24, 2.45) is 5.10 Å². The number of benzene rings is 3. The Labute approximate surface area is 211 Å². The van der Waals surface area contributed by atoms with Crippen LogP contribution in [0.4, 0.5) is 0 Å². The minimum Gasteiger partial charge on any atom is -0.489 e. The molecule has 0 aliphatic carbocycles. The van der Waals surface area contributed by atoms with E-state index >= 15 is 0 Å². The molecule has 34 heavy (non-hydrogen) atoms. The van der Waals surface area contributed by atoms with Gasteiger partial charge in [0.05, 0.1) is 21.5 Å². The highest BCUT2D eigenvalue weighted by atomic mass is 35.5. The molecule has 1 aromatic heterocycles. The van der Waals surface area contributed by atoms with Crippen LogP contribution < -0.4 is 10.2 Å². The summed E-state index contributed by atoms with van der Waals surface area (Å²) in [6.07, 6.45) is 0. The lowest BCUT2D eigenvalue weighted by atomic mass is 10.1. The third-order valence-electron chi connectivity index (χ3n) is 4.95. The number of aromatic nitrogens is 2. The van der Waals surface area contributed by atoms with Crippen LogP contribution in [0.15, 0.2) is 77.9 Å². The van der Waals surface area contributed by atoms with E-state index in [1.54, 1.807) is 31.2 Å². The SMILES string of the molecule is CC(=NNC(=O)c1cc(-c2ccc(OCc3ccc(Cl)cc3)cc2)n[nH]1)c1ccc(Cl)c(Cl)c1. The molecule has 0 saturated carbocycles. The Morgan fingerprint density at radius 3 is 2.41 bits per heavy atom. The maximum atomic E-state index is 12.5. The number of rotatable bonds is 7. The highest BCUT2D eigenvalue weighted by Crippen LogP contribution is 2.24. The third kappa shape index (κ3) is 5.97. The predicted molar refractivity (Wildman–Crippen MR) is 136 cm³/mol. The zero-order valence-corrected chi connectivity index (χ0v) is 20.2. The Kier molecular flexibility index (Phi) is 7.53. The Morgan fingerprint density at radius 2 is 1.71 bits per heavy atom. The van der Waals surface area contributed by atoms with Gasteiger partial charge in [0.25, 0.3) is 5.91 Å². The van der Waals surface area contributed by atoms with Crippen molar-refractivity contribution in [3.05, 3.63) is 105 Å². The van der Waals surface area contributed by atoms with Gasteiger partial charge in [-0.25, -0.2) is 5.43 Å². The lowest BCUT2D eigenvalue weighted by molar-refractivity contribution is 0.0950. The van der Waals surface area contributed by atoms with Crippen molar-refractivity contribution in [1.29, 1.82) is 0 Å². The number of amides is 1. The quantitative estimate of drug-likeness (QED) is 0.211. The molecule has 9 heteroatoms. The van der Waals surface area contributed by atoms with Crippen molar-refractivity contribution < 1.29 is 9.53 Å². The summed E-state index contributed by atoms with van der Waals surface area (Å²) in [6.45, 7) is 2.19. The van der Waals surface area contributed by atoms with Gasteiger partial charge in [-0.2, -0.15) is 10.2 Å². The number of halogens is 3. The number of hydrazone groups is 1. The molecule has 172 valence electrons. The first-order valence-corrected chi connectivity index (χ1v) is 11.4. The molecule has 0 saturated heterocycles. The van der Waals surface area contributed by atoms with Gasteiger partial charge in [-0.1, -0.05) is 53.0 Å². The molecule has 0 atom stereocenters. The summed E-state index contributed by atoms with van der Waals surface area (Å²) in [5.74, 6) is 0.306. The summed E-state index contributed by atoms with van der Waals surface area (Å²) >= 11 is 17.9. The first kappa shape index (κ1) is 23.8. The van der Waals surface area contributed by atoms with Gasteiger partial charge < -0.3 is 4.74 Å². The van der Waals surface area contributed by atoms with Crippen LogP contribution >= 0.6 is 34.8 Å². The largest absolute Gasteiger partial charge is 0.489 e. The smallest absolute Gasteiger partial charge is 0.289 e. The number of carbonyl (C=O) groups is 1. The lowest BCUT2D eigenvalue weighted by Gasteiger charge is -2.07. The standard InChI is InChI=1S/C25H19Cl3N4O2/c1-15(18-6-11-21(27)22(28)12-18)29-32-25(33)24-13-23(30-31-24)17-4-9-20(10-5-17)34-14-16-2-7-19(26)8-3-16/h2-13H,14H2,1H3,(H,30,31)(H,32,33). The predicted octanol–water partition coefficient (Wildman–Crippen LogP) is 6.77. The second-order valence-corrected chi connectivity index (χ2v) is 8.62. The second-order valence-electron chi connectivity index (χ2n) is 7.37. The zero-order chi connectivity index (χ0) is 24.1. The first-order chi connectivity index (χ1) is 16.4. The van der Waals surface area contributed by atoms with Crippen LogP contribution in [0, 0.1) is 0 Å². The minimum absolute atomic E-state index is 0.281. The summed E-state index contributed by atoms with van der Waals surface area (Å²) in [5, 5.41) is 12.6. The highest BCUT2D eigenvalue weighted by molar-refractivity contribution is 6.42. The number of hydrogen-bond acceptors (Lipinski definition) is 4. The van der Waals surface area contributed by atoms with E-state index in [0.29, 0.717) is 33.1 Å². The van der Waals surface area contributed by atoms with Gasteiger partial charge in [0.2, 0.25) is 0 Å². The minimum atomic E-state index is -0.416. The monoisotopic (exact) mass is 512 g/mol. The van der Waals surface area contributed by atoms with Crippen molar-refractivity contribution >= 4 is 46.4 Å². The maximum Gasteiger partial charge on any atom is 0.289 e. The molecule has 4 aromatic rings. The van der Waals surface area contributed by atoms with Crippen molar-refractivity contribution in [3.63, 3.8) is 0 Å². The number of nitrogens with zero attached hydrogens (tertiary/aromatic N) is 2. The number of ether oxygens (including phenoxy) is 1. The van der Waals surface area contributed by atoms with E-state index in [-0.39, 0.29) is 5.69 Å². The van der Waals surface area contributed by atoms with Crippen LogP contribution in [0.25, 0.3) is 11.3 Å². The van der Waals surface area contributed by atoms with Gasteiger partial charge in [0.15, 0.2) is 0 Å². The average Bonchev–Trinajstić information content (AvgIpc) is 3.34. The first-order valence-electron chi connectivity index (χ1n) is 10.2. The number of aromatic amines is 1. The van der Waals surface area contributed by atoms with Gasteiger partial charge >= 0.3 is 0 Å². The van der Waals surface area contributed by atoms with E-state index in [2.05, 4.69) is 20.7 Å². The summed E-state index contributed by atoms with van der Waals surface area (Å²) in [5.41, 5.74) is 6.61. The van der Waals surface area contributed by atoms with E-state index < -0.39 is 5.91 Å². The fourth-order valence-corrected chi connectivity index (χ4v) is 3.46. The van der Waals surface area contributed by atoms with Crippen LogP contribution in [-0.2, 0) is 6.61 Å². The average molecular weight is 514 g/mol. The number of nitrogens with one attached hydrogen (secondary N) is 2. The molecule has 0 bridgehead atoms. The number of hydrogen-bond donors (Lipinski definition) is 2. The van der Waals surface area contributed by atoms with E-state index in [1.165, 1.54) is 0 Å². The summed E-state index contributed by atoms with van der Waals surface area (Å²) in [4.78, 5) is 12.5. The van der Waals surface area contributed by atoms with Crippen LogP contribution in [0.2, 0.25) is 15.1 Å². The van der Waals surface area contributed by atoms with Crippen molar-refractivity contribution in [1.82, 2.24) is 15.6 Å². The molecule has 1 amide bonds. The summed E-state index contributed by atoms with van der Waals surface area (Å²) < 4.78 is 5.81. The van der Waals surface area contributed by atoms with Gasteiger partial charge in [0.1, 0.15) is 18.1 Å². The molecule has 0 spiro atoms. The van der Waals surface area contributed by atoms with Gasteiger partial charge in [-0.15, -0.1) is 0 Å². The normalized spacial score (nSPS) is 11.4. The Balaban J connectivity index is 1.36. The molecule has 0 unspecified atom stereocenters. The third-order valence-corrected chi connectivity index (χ3v) is 5.94. The second kappa shape index (κ2) is 10.7. The van der Waals surface area contributed by atoms with Crippen LogP contribution in [-0.4, -0.2) is 21.8 Å². The fraction of sp³-hybridized carbons (Fsp3) is 0.0800. The Morgan fingerprint density at radius 1 is 0.971 bits per heavy atom. The van der Waals surface area contributed by atoms with Crippen LogP contribution in [0.3, 0.4) is 0 Å². The Hall–Kier alpha value is -3.32. The van der Waals surface area contributed by atoms with Gasteiger partial charge in [-0.05, 0) is 72.6 Å². The fourth-order valence-electron chi connectivity index (χ4n) is 3.04. The van der Waals surface area contributed by atoms with Crippen molar-refractivity contribution in [3.8, 4) is 17.0 Å². The van der Waals surface area contributed by atoms with E-state index in [4.69, 9.17) is 39.5 Å². The molecule has 0 radical (unpaired) electrons. The molecule has 0 aliphatic heterocycles. The summed E-state index contributed by atoms with van der Waals surface area (Å²) in [6, 6.07) is 21.7. The van der Waals surface area contributed by atoms with E-state index in [9.17, 15) is 4.79 Å². The lowest BCUT2D eigenvalue weighted by Crippen LogP contribution is -2.19. The molecule has 1 heterocycles. The number of carbonyl (C=O) groups excluding carboxylic acids is 1. The molecular weight excluding hydrogens is 495 g/mol. The van der Waals surface area contributed by atoms with Crippen molar-refractivity contribution in [2.75, 3.05) is 0 Å². The van der Waals surface area contributed by atoms with Crippen LogP contribution in [0.1, 0.15) is 28.5 Å². The van der Waals surface area contributed by atoms with Gasteiger partial charge in [0, 0.05) is 10.6 Å². The van der Waals surface area contributed by atoms with E-state index in [0.717, 1.165) is 22.4 Å². The topological polar surface area (TPSA) is 79.4 Å². The highest BCUT2D eigenvalue weighted by Gasteiger charge is 2.11. The Bertz CT molecular complexity index is 1330. The molecule has 6 nitrogen and oxygen atoms in total. The zero-order valence-electron chi connectivity index (χ0n) is 18.0. The molecule has 0 fully saturated rings. The van der Waals surface area contributed by atoms with Crippen molar-refractivity contribution in [2.45, 2.75) is 13.5 Å².